The van der Waals surface area contributed by atoms with Crippen LogP contribution in [0.4, 0.5) is 0 Å². The van der Waals surface area contributed by atoms with E-state index in [9.17, 15) is 9.59 Å². The number of carbonyl (C=O) groups is 2. The van der Waals surface area contributed by atoms with E-state index in [1.165, 1.54) is 0 Å². The maximum atomic E-state index is 13.2. The van der Waals surface area contributed by atoms with Crippen LogP contribution < -0.4 is 4.74 Å². The van der Waals surface area contributed by atoms with Crippen molar-refractivity contribution in [2.24, 2.45) is 5.92 Å². The summed E-state index contributed by atoms with van der Waals surface area (Å²) in [7, 11) is 0. The van der Waals surface area contributed by atoms with Gasteiger partial charge >= 0.3 is 0 Å². The Labute approximate surface area is 195 Å². The average Bonchev–Trinajstić information content (AvgIpc) is 3.32. The summed E-state index contributed by atoms with van der Waals surface area (Å²) in [5.74, 6) is 0.672. The van der Waals surface area contributed by atoms with Crippen molar-refractivity contribution in [1.29, 1.82) is 0 Å². The maximum Gasteiger partial charge on any atom is 0.274 e. The van der Waals surface area contributed by atoms with E-state index in [0.717, 1.165) is 11.4 Å². The SMILES string of the molecule is CC(C)(C)c1cc(C(=O)N2CC[C@H](Oc3ccccc3)[C@@H](CC(=O)N3CCOCC3)C2)n[nH]1. The number of carbonyl (C=O) groups excluding carboxylic acids is 2. The molecule has 1 aromatic heterocycles. The van der Waals surface area contributed by atoms with Gasteiger partial charge in [0, 0.05) is 56.0 Å². The number of hydrogen-bond acceptors (Lipinski definition) is 5. The van der Waals surface area contributed by atoms with Crippen molar-refractivity contribution < 1.29 is 19.1 Å². The lowest BCUT2D eigenvalue weighted by Gasteiger charge is -2.39. The van der Waals surface area contributed by atoms with Crippen LogP contribution in [0, 0.1) is 5.92 Å². The van der Waals surface area contributed by atoms with Gasteiger partial charge in [0.25, 0.3) is 5.91 Å². The predicted octanol–water partition coefficient (Wildman–Crippen LogP) is 2.87. The Morgan fingerprint density at radius 1 is 1.12 bits per heavy atom. The molecule has 33 heavy (non-hydrogen) atoms. The molecule has 1 aromatic carbocycles. The summed E-state index contributed by atoms with van der Waals surface area (Å²) in [5, 5.41) is 7.27. The minimum atomic E-state index is -0.134. The Morgan fingerprint density at radius 3 is 2.52 bits per heavy atom. The van der Waals surface area contributed by atoms with Gasteiger partial charge in [-0.2, -0.15) is 5.10 Å². The highest BCUT2D eigenvalue weighted by Gasteiger charge is 2.36. The van der Waals surface area contributed by atoms with Gasteiger partial charge in [-0.05, 0) is 18.2 Å². The highest BCUT2D eigenvalue weighted by molar-refractivity contribution is 5.92. The van der Waals surface area contributed by atoms with Crippen LogP contribution in [-0.4, -0.2) is 77.3 Å². The Balaban J connectivity index is 1.48. The smallest absolute Gasteiger partial charge is 0.274 e. The number of para-hydroxylation sites is 1. The molecular weight excluding hydrogens is 420 g/mol. The maximum absolute atomic E-state index is 13.2. The van der Waals surface area contributed by atoms with Gasteiger partial charge in [0.05, 0.1) is 13.2 Å². The fourth-order valence-corrected chi connectivity index (χ4v) is 4.36. The van der Waals surface area contributed by atoms with Gasteiger partial charge in [0.2, 0.25) is 5.91 Å². The summed E-state index contributed by atoms with van der Waals surface area (Å²) in [6.45, 7) is 9.63. The van der Waals surface area contributed by atoms with E-state index in [2.05, 4.69) is 31.0 Å². The van der Waals surface area contributed by atoms with Gasteiger partial charge in [-0.1, -0.05) is 39.0 Å². The van der Waals surface area contributed by atoms with Crippen LogP contribution in [0.25, 0.3) is 0 Å². The first-order valence-corrected chi connectivity index (χ1v) is 11.7. The highest BCUT2D eigenvalue weighted by Crippen LogP contribution is 2.28. The third-order valence-corrected chi connectivity index (χ3v) is 6.39. The Bertz CT molecular complexity index is 947. The topological polar surface area (TPSA) is 87.8 Å². The summed E-state index contributed by atoms with van der Waals surface area (Å²) in [6, 6.07) is 11.5. The number of benzene rings is 1. The second-order valence-electron chi connectivity index (χ2n) is 9.88. The van der Waals surface area contributed by atoms with Gasteiger partial charge < -0.3 is 19.3 Å². The zero-order valence-electron chi connectivity index (χ0n) is 19.8. The van der Waals surface area contributed by atoms with E-state index in [4.69, 9.17) is 9.47 Å². The largest absolute Gasteiger partial charge is 0.490 e. The minimum Gasteiger partial charge on any atom is -0.490 e. The average molecular weight is 455 g/mol. The second kappa shape index (κ2) is 9.95. The molecule has 2 amide bonds. The summed E-state index contributed by atoms with van der Waals surface area (Å²) < 4.78 is 11.7. The van der Waals surface area contributed by atoms with E-state index in [-0.39, 0.29) is 29.3 Å². The van der Waals surface area contributed by atoms with Crippen molar-refractivity contribution in [2.75, 3.05) is 39.4 Å². The number of H-pyrrole nitrogens is 1. The van der Waals surface area contributed by atoms with E-state index in [1.54, 1.807) is 0 Å². The number of ether oxygens (including phenoxy) is 2. The van der Waals surface area contributed by atoms with Crippen molar-refractivity contribution in [3.63, 3.8) is 0 Å². The number of aromatic nitrogens is 2. The van der Waals surface area contributed by atoms with E-state index >= 15 is 0 Å². The number of morpholine rings is 1. The fourth-order valence-electron chi connectivity index (χ4n) is 4.36. The van der Waals surface area contributed by atoms with Crippen molar-refractivity contribution in [3.8, 4) is 5.75 Å². The predicted molar refractivity (Wildman–Crippen MR) is 124 cm³/mol. The molecule has 8 nitrogen and oxygen atoms in total. The quantitative estimate of drug-likeness (QED) is 0.751. The molecule has 2 saturated heterocycles. The van der Waals surface area contributed by atoms with Gasteiger partial charge in [-0.25, -0.2) is 0 Å². The molecule has 0 unspecified atom stereocenters. The van der Waals surface area contributed by atoms with Gasteiger partial charge in [0.15, 0.2) is 0 Å². The number of nitrogens with one attached hydrogen (secondary N) is 1. The van der Waals surface area contributed by atoms with Gasteiger partial charge in [0.1, 0.15) is 17.5 Å². The molecule has 2 aliphatic heterocycles. The number of amides is 2. The molecule has 178 valence electrons. The minimum absolute atomic E-state index is 0.0917. The van der Waals surface area contributed by atoms with Crippen LogP contribution in [0.3, 0.4) is 0 Å². The Hall–Kier alpha value is -2.87. The number of aromatic amines is 1. The monoisotopic (exact) mass is 454 g/mol. The number of piperidine rings is 1. The first kappa shape index (κ1) is 23.3. The zero-order valence-corrected chi connectivity index (χ0v) is 19.8. The molecular formula is C25H34N4O4. The van der Waals surface area contributed by atoms with Crippen molar-refractivity contribution in [1.82, 2.24) is 20.0 Å². The molecule has 2 fully saturated rings. The lowest BCUT2D eigenvalue weighted by molar-refractivity contribution is -0.137. The first-order chi connectivity index (χ1) is 15.8. The van der Waals surface area contributed by atoms with Crippen molar-refractivity contribution in [2.45, 2.75) is 45.1 Å². The van der Waals surface area contributed by atoms with E-state index in [0.29, 0.717) is 57.9 Å². The highest BCUT2D eigenvalue weighted by atomic mass is 16.5. The van der Waals surface area contributed by atoms with Gasteiger partial charge in [-0.15, -0.1) is 0 Å². The summed E-state index contributed by atoms with van der Waals surface area (Å²) >= 11 is 0. The summed E-state index contributed by atoms with van der Waals surface area (Å²) in [4.78, 5) is 29.9. The van der Waals surface area contributed by atoms with Gasteiger partial charge in [-0.3, -0.25) is 14.7 Å². The standard InChI is InChI=1S/C25H34N4O4/c1-25(2,3)22-16-20(26-27-22)24(31)29-10-9-21(33-19-7-5-4-6-8-19)18(17-29)15-23(30)28-11-13-32-14-12-28/h4-8,16,18,21H,9-15,17H2,1-3H3,(H,26,27)/t18-,21-/m0/s1. The fraction of sp³-hybridized carbons (Fsp3) is 0.560. The molecule has 0 spiro atoms. The molecule has 4 rings (SSSR count). The van der Waals surface area contributed by atoms with E-state index < -0.39 is 0 Å². The van der Waals surface area contributed by atoms with E-state index in [1.807, 2.05) is 46.2 Å². The van der Waals surface area contributed by atoms with Crippen LogP contribution in [0.15, 0.2) is 36.4 Å². The van der Waals surface area contributed by atoms with Crippen LogP contribution in [0.2, 0.25) is 0 Å². The molecule has 1 N–H and O–H groups in total. The molecule has 8 heteroatoms. The van der Waals surface area contributed by atoms with Crippen molar-refractivity contribution in [3.05, 3.63) is 47.8 Å². The molecule has 2 atom stereocenters. The molecule has 2 aliphatic rings. The molecule has 0 saturated carbocycles. The van der Waals surface area contributed by atoms with Crippen molar-refractivity contribution >= 4 is 11.8 Å². The van der Waals surface area contributed by atoms with Crippen LogP contribution in [0.1, 0.15) is 49.8 Å². The van der Waals surface area contributed by atoms with Crippen LogP contribution in [-0.2, 0) is 14.9 Å². The molecule has 0 radical (unpaired) electrons. The Morgan fingerprint density at radius 2 is 1.85 bits per heavy atom. The first-order valence-electron chi connectivity index (χ1n) is 11.7. The summed E-state index contributed by atoms with van der Waals surface area (Å²) in [5.41, 5.74) is 1.22. The second-order valence-corrected chi connectivity index (χ2v) is 9.88. The molecule has 0 bridgehead atoms. The van der Waals surface area contributed by atoms with Crippen LogP contribution >= 0.6 is 0 Å². The number of nitrogens with zero attached hydrogens (tertiary/aromatic N) is 3. The molecule has 3 heterocycles. The Kier molecular flexibility index (Phi) is 7.02. The third kappa shape index (κ3) is 5.74. The lowest BCUT2D eigenvalue weighted by Crippen LogP contribution is -2.50. The number of rotatable bonds is 5. The third-order valence-electron chi connectivity index (χ3n) is 6.39. The molecule has 2 aromatic rings. The number of likely N-dealkylation sites (tertiary alicyclic amines) is 1. The normalized spacial score (nSPS) is 21.7. The summed E-state index contributed by atoms with van der Waals surface area (Å²) in [6.07, 6.45) is 0.874. The number of hydrogen-bond donors (Lipinski definition) is 1. The zero-order chi connectivity index (χ0) is 23.4. The molecule has 0 aliphatic carbocycles. The van der Waals surface area contributed by atoms with Crippen LogP contribution in [0.5, 0.6) is 5.75 Å². The lowest BCUT2D eigenvalue weighted by atomic mass is 9.90.